The molecule has 1 aliphatic carbocycles. The minimum absolute atomic E-state index is 0.150. The smallest absolute Gasteiger partial charge is 0.145 e. The molecule has 0 aliphatic heterocycles. The molecule has 0 spiro atoms. The van der Waals surface area contributed by atoms with Gasteiger partial charge in [0.15, 0.2) is 0 Å². The first-order valence-electron chi connectivity index (χ1n) is 17.9. The SMILES string of the molecule is CC1(C)c2ccccc2-c2ccc(N(c3ccc4c(c3)oc3ccccc34)c3ccc4c(oc5ccc6ccccc6c54)c3-c3ccccc3)cc21. The van der Waals surface area contributed by atoms with Crippen molar-refractivity contribution >= 4 is 71.7 Å². The average Bonchev–Trinajstić information content (AvgIpc) is 3.83. The number of rotatable bonds is 4. The van der Waals surface area contributed by atoms with E-state index in [0.717, 1.165) is 72.1 Å². The Bertz CT molecular complexity index is 3050. The Balaban J connectivity index is 1.22. The van der Waals surface area contributed by atoms with Crippen LogP contribution in [0.1, 0.15) is 25.0 Å². The molecule has 10 aromatic rings. The Labute approximate surface area is 301 Å². The highest BCUT2D eigenvalue weighted by Crippen LogP contribution is 2.52. The quantitative estimate of drug-likeness (QED) is 0.187. The van der Waals surface area contributed by atoms with Gasteiger partial charge in [0, 0.05) is 50.0 Å². The molecular formula is C49H33NO2. The normalized spacial score (nSPS) is 13.3. The maximum atomic E-state index is 6.92. The lowest BCUT2D eigenvalue weighted by atomic mass is 9.82. The van der Waals surface area contributed by atoms with Crippen LogP contribution in [-0.2, 0) is 5.41 Å². The molecule has 0 atom stereocenters. The van der Waals surface area contributed by atoms with Crippen LogP contribution in [0, 0.1) is 0 Å². The van der Waals surface area contributed by atoms with Crippen molar-refractivity contribution in [1.82, 2.24) is 0 Å². The van der Waals surface area contributed by atoms with Gasteiger partial charge in [0.2, 0.25) is 0 Å². The Morgan fingerprint density at radius 2 is 1.15 bits per heavy atom. The maximum absolute atomic E-state index is 6.92. The molecule has 0 bridgehead atoms. The summed E-state index contributed by atoms with van der Waals surface area (Å²) in [5, 5.41) is 6.86. The highest BCUT2D eigenvalue weighted by atomic mass is 16.3. The van der Waals surface area contributed by atoms with Crippen LogP contribution in [0.4, 0.5) is 17.1 Å². The van der Waals surface area contributed by atoms with Crippen LogP contribution in [0.5, 0.6) is 0 Å². The number of hydrogen-bond acceptors (Lipinski definition) is 3. The van der Waals surface area contributed by atoms with Crippen molar-refractivity contribution < 1.29 is 8.83 Å². The Hall–Kier alpha value is -6.58. The number of furan rings is 2. The van der Waals surface area contributed by atoms with Gasteiger partial charge in [-0.2, -0.15) is 0 Å². The molecule has 0 N–H and O–H groups in total. The number of nitrogens with zero attached hydrogens (tertiary/aromatic N) is 1. The number of fused-ring (bicyclic) bond motifs is 11. The van der Waals surface area contributed by atoms with Crippen LogP contribution in [0.25, 0.3) is 76.9 Å². The van der Waals surface area contributed by atoms with Gasteiger partial charge in [-0.05, 0) is 87.1 Å². The number of para-hydroxylation sites is 1. The van der Waals surface area contributed by atoms with Crippen molar-refractivity contribution in [2.75, 3.05) is 4.90 Å². The number of anilines is 3. The molecule has 3 heteroatoms. The molecule has 2 heterocycles. The molecule has 8 aromatic carbocycles. The summed E-state index contributed by atoms with van der Waals surface area (Å²) < 4.78 is 13.4. The second kappa shape index (κ2) is 10.7. The lowest BCUT2D eigenvalue weighted by Crippen LogP contribution is -2.17. The van der Waals surface area contributed by atoms with Crippen molar-refractivity contribution in [3.8, 4) is 22.3 Å². The van der Waals surface area contributed by atoms with E-state index in [4.69, 9.17) is 8.83 Å². The van der Waals surface area contributed by atoms with E-state index in [1.54, 1.807) is 0 Å². The summed E-state index contributed by atoms with van der Waals surface area (Å²) >= 11 is 0. The molecule has 0 fully saturated rings. The third-order valence-corrected chi connectivity index (χ3v) is 11.3. The van der Waals surface area contributed by atoms with E-state index < -0.39 is 0 Å². The summed E-state index contributed by atoms with van der Waals surface area (Å²) in [6.07, 6.45) is 0. The van der Waals surface area contributed by atoms with E-state index in [-0.39, 0.29) is 5.41 Å². The molecule has 1 aliphatic rings. The highest BCUT2D eigenvalue weighted by Gasteiger charge is 2.36. The van der Waals surface area contributed by atoms with Gasteiger partial charge in [-0.25, -0.2) is 0 Å². The van der Waals surface area contributed by atoms with Crippen LogP contribution in [0.3, 0.4) is 0 Å². The van der Waals surface area contributed by atoms with E-state index >= 15 is 0 Å². The Morgan fingerprint density at radius 3 is 2.06 bits per heavy atom. The number of benzene rings is 8. The summed E-state index contributed by atoms with van der Waals surface area (Å²) in [4.78, 5) is 2.39. The van der Waals surface area contributed by atoms with Crippen molar-refractivity contribution in [3.63, 3.8) is 0 Å². The van der Waals surface area contributed by atoms with Crippen LogP contribution in [0.15, 0.2) is 173 Å². The van der Waals surface area contributed by atoms with Gasteiger partial charge < -0.3 is 13.7 Å². The lowest BCUT2D eigenvalue weighted by molar-refractivity contribution is 0.660. The molecule has 246 valence electrons. The Morgan fingerprint density at radius 1 is 0.462 bits per heavy atom. The molecule has 52 heavy (non-hydrogen) atoms. The zero-order valence-corrected chi connectivity index (χ0v) is 28.9. The standard InChI is InChI=1S/C49H33NO2/c1-49(2)40-18-10-8-16-35(40)36-23-21-32(28-41(36)49)50(33-22-24-38-37-17-9-11-19-43(37)51-45(38)29-33)42-26-25-39-47-34-15-7-6-12-30(34)20-27-44(47)52-48(39)46(42)31-13-4-3-5-14-31/h3-29H,1-2H3. The van der Waals surface area contributed by atoms with Gasteiger partial charge >= 0.3 is 0 Å². The second-order valence-electron chi connectivity index (χ2n) is 14.5. The minimum atomic E-state index is -0.150. The fraction of sp³-hybridized carbons (Fsp3) is 0.0612. The largest absolute Gasteiger partial charge is 0.456 e. The first-order valence-corrected chi connectivity index (χ1v) is 17.9. The molecule has 0 amide bonds. The summed E-state index contributed by atoms with van der Waals surface area (Å²) in [7, 11) is 0. The molecule has 0 saturated carbocycles. The number of hydrogen-bond donors (Lipinski definition) is 0. The molecule has 3 nitrogen and oxygen atoms in total. The zero-order chi connectivity index (χ0) is 34.6. The van der Waals surface area contributed by atoms with Gasteiger partial charge in [0.1, 0.15) is 22.3 Å². The van der Waals surface area contributed by atoms with Crippen LogP contribution in [-0.4, -0.2) is 0 Å². The van der Waals surface area contributed by atoms with E-state index in [1.807, 2.05) is 12.1 Å². The fourth-order valence-corrected chi connectivity index (χ4v) is 8.78. The van der Waals surface area contributed by atoms with Gasteiger partial charge in [0.05, 0.1) is 5.69 Å². The zero-order valence-electron chi connectivity index (χ0n) is 28.9. The predicted molar refractivity (Wildman–Crippen MR) is 216 cm³/mol. The molecule has 0 unspecified atom stereocenters. The van der Waals surface area contributed by atoms with E-state index in [2.05, 4.69) is 170 Å². The van der Waals surface area contributed by atoms with Crippen molar-refractivity contribution in [2.45, 2.75) is 19.3 Å². The van der Waals surface area contributed by atoms with E-state index in [9.17, 15) is 0 Å². The molecule has 0 saturated heterocycles. The molecular weight excluding hydrogens is 635 g/mol. The van der Waals surface area contributed by atoms with Gasteiger partial charge in [-0.3, -0.25) is 0 Å². The highest BCUT2D eigenvalue weighted by molar-refractivity contribution is 6.22. The van der Waals surface area contributed by atoms with Crippen LogP contribution in [0.2, 0.25) is 0 Å². The third-order valence-electron chi connectivity index (χ3n) is 11.3. The van der Waals surface area contributed by atoms with Crippen molar-refractivity contribution in [3.05, 3.63) is 175 Å². The summed E-state index contributed by atoms with van der Waals surface area (Å²) in [6.45, 7) is 4.68. The topological polar surface area (TPSA) is 29.5 Å². The second-order valence-corrected chi connectivity index (χ2v) is 14.5. The summed E-state index contributed by atoms with van der Waals surface area (Å²) in [6, 6.07) is 58.7. The molecule has 2 aromatic heterocycles. The Kier molecular flexibility index (Phi) is 6.01. The summed E-state index contributed by atoms with van der Waals surface area (Å²) in [5.41, 5.74) is 13.9. The van der Waals surface area contributed by atoms with E-state index in [0.29, 0.717) is 0 Å². The monoisotopic (exact) mass is 667 g/mol. The predicted octanol–water partition coefficient (Wildman–Crippen LogP) is 14.1. The van der Waals surface area contributed by atoms with Gasteiger partial charge in [0.25, 0.3) is 0 Å². The molecule has 11 rings (SSSR count). The average molecular weight is 668 g/mol. The first-order chi connectivity index (χ1) is 25.5. The van der Waals surface area contributed by atoms with E-state index in [1.165, 1.54) is 33.0 Å². The first kappa shape index (κ1) is 29.2. The van der Waals surface area contributed by atoms with Crippen molar-refractivity contribution in [1.29, 1.82) is 0 Å². The van der Waals surface area contributed by atoms with Crippen molar-refractivity contribution in [2.24, 2.45) is 0 Å². The van der Waals surface area contributed by atoms with Crippen LogP contribution < -0.4 is 4.90 Å². The van der Waals surface area contributed by atoms with Gasteiger partial charge in [-0.15, -0.1) is 0 Å². The van der Waals surface area contributed by atoms with Gasteiger partial charge in [-0.1, -0.05) is 123 Å². The maximum Gasteiger partial charge on any atom is 0.145 e. The lowest BCUT2D eigenvalue weighted by Gasteiger charge is -2.30. The fourth-order valence-electron chi connectivity index (χ4n) is 8.78. The van der Waals surface area contributed by atoms with Crippen LogP contribution >= 0.6 is 0 Å². The molecule has 0 radical (unpaired) electrons. The minimum Gasteiger partial charge on any atom is -0.456 e. The third kappa shape index (κ3) is 4.08. The summed E-state index contributed by atoms with van der Waals surface area (Å²) in [5.74, 6) is 0.